The van der Waals surface area contributed by atoms with E-state index in [0.29, 0.717) is 9.93 Å². The summed E-state index contributed by atoms with van der Waals surface area (Å²) in [6.07, 6.45) is 0. The second kappa shape index (κ2) is 3.54. The van der Waals surface area contributed by atoms with E-state index in [0.717, 1.165) is 11.8 Å². The third-order valence-electron chi connectivity index (χ3n) is 0.812. The molecule has 0 spiro atoms. The van der Waals surface area contributed by atoms with Gasteiger partial charge in [-0.2, -0.15) is 4.98 Å². The van der Waals surface area contributed by atoms with Crippen LogP contribution in [-0.4, -0.2) is 32.0 Å². The van der Waals surface area contributed by atoms with E-state index in [1.165, 1.54) is 0 Å². The molecule has 0 saturated heterocycles. The van der Waals surface area contributed by atoms with Gasteiger partial charge >= 0.3 is 5.97 Å². The zero-order valence-electron chi connectivity index (χ0n) is 5.33. The number of aromatic amines is 2. The molecule has 1 rings (SSSR count). The Morgan fingerprint density at radius 3 is 2.91 bits per heavy atom. The summed E-state index contributed by atoms with van der Waals surface area (Å²) in [5.41, 5.74) is 0. The lowest BCUT2D eigenvalue weighted by molar-refractivity contribution is -0.133. The first-order valence-electron chi connectivity index (χ1n) is 2.68. The van der Waals surface area contributed by atoms with E-state index in [2.05, 4.69) is 27.4 Å². The number of carboxylic acids is 1. The molecule has 0 atom stereocenters. The van der Waals surface area contributed by atoms with Crippen LogP contribution in [0.25, 0.3) is 0 Å². The Bertz CT molecular complexity index is 304. The SMILES string of the molecule is O=C(O)CSc1nc(=S)[nH][nH]1. The molecule has 0 amide bonds. The molecule has 5 nitrogen and oxygen atoms in total. The topological polar surface area (TPSA) is 81.8 Å². The third kappa shape index (κ3) is 2.72. The van der Waals surface area contributed by atoms with E-state index >= 15 is 0 Å². The lowest BCUT2D eigenvalue weighted by Crippen LogP contribution is -1.97. The van der Waals surface area contributed by atoms with Crippen molar-refractivity contribution >= 4 is 29.9 Å². The highest BCUT2D eigenvalue weighted by Gasteiger charge is 2.00. The Hall–Kier alpha value is -0.820. The van der Waals surface area contributed by atoms with Crippen molar-refractivity contribution in [1.82, 2.24) is 15.2 Å². The maximum absolute atomic E-state index is 10.1. The maximum Gasteiger partial charge on any atom is 0.313 e. The molecule has 1 aromatic heterocycles. The molecule has 0 aliphatic heterocycles. The van der Waals surface area contributed by atoms with E-state index in [1.54, 1.807) is 0 Å². The van der Waals surface area contributed by atoms with Gasteiger partial charge in [0.2, 0.25) is 4.77 Å². The first-order chi connectivity index (χ1) is 5.18. The van der Waals surface area contributed by atoms with Crippen molar-refractivity contribution in [2.75, 3.05) is 5.75 Å². The van der Waals surface area contributed by atoms with Gasteiger partial charge in [0.05, 0.1) is 5.75 Å². The number of nitrogens with zero attached hydrogens (tertiary/aromatic N) is 1. The molecular weight excluding hydrogens is 186 g/mol. The van der Waals surface area contributed by atoms with Crippen molar-refractivity contribution < 1.29 is 9.90 Å². The third-order valence-corrected chi connectivity index (χ3v) is 1.86. The van der Waals surface area contributed by atoms with Crippen molar-refractivity contribution in [2.24, 2.45) is 0 Å². The predicted molar refractivity (Wildman–Crippen MR) is 42.1 cm³/mol. The molecular formula is C4H5N3O2S2. The molecule has 0 bridgehead atoms. The van der Waals surface area contributed by atoms with Gasteiger partial charge in [0.1, 0.15) is 0 Å². The Kier molecular flexibility index (Phi) is 2.66. The molecule has 7 heteroatoms. The summed E-state index contributed by atoms with van der Waals surface area (Å²) in [6.45, 7) is 0. The fourth-order valence-corrected chi connectivity index (χ4v) is 1.19. The quantitative estimate of drug-likeness (QED) is 0.482. The van der Waals surface area contributed by atoms with Crippen LogP contribution in [0.3, 0.4) is 0 Å². The number of hydrogen-bond donors (Lipinski definition) is 3. The monoisotopic (exact) mass is 191 g/mol. The summed E-state index contributed by atoms with van der Waals surface area (Å²) in [5, 5.41) is 14.0. The maximum atomic E-state index is 10.1. The molecule has 0 saturated carbocycles. The normalized spacial score (nSPS) is 9.82. The summed E-state index contributed by atoms with van der Waals surface area (Å²) in [6, 6.07) is 0. The zero-order valence-corrected chi connectivity index (χ0v) is 6.96. The molecule has 11 heavy (non-hydrogen) atoms. The van der Waals surface area contributed by atoms with Crippen LogP contribution in [0.15, 0.2) is 5.16 Å². The van der Waals surface area contributed by atoms with Gasteiger partial charge in [0.25, 0.3) is 0 Å². The van der Waals surface area contributed by atoms with Crippen molar-refractivity contribution in [3.8, 4) is 0 Å². The summed E-state index contributed by atoms with van der Waals surface area (Å²) in [4.78, 5) is 13.9. The molecule has 1 aromatic rings. The van der Waals surface area contributed by atoms with E-state index in [-0.39, 0.29) is 5.75 Å². The smallest absolute Gasteiger partial charge is 0.313 e. The van der Waals surface area contributed by atoms with Gasteiger partial charge in [-0.1, -0.05) is 11.8 Å². The second-order valence-corrected chi connectivity index (χ2v) is 3.01. The Morgan fingerprint density at radius 1 is 1.73 bits per heavy atom. The second-order valence-electron chi connectivity index (χ2n) is 1.65. The lowest BCUT2D eigenvalue weighted by atomic mass is 10.8. The largest absolute Gasteiger partial charge is 0.481 e. The number of carboxylic acid groups (broad SMARTS) is 1. The fourth-order valence-electron chi connectivity index (χ4n) is 0.454. The summed E-state index contributed by atoms with van der Waals surface area (Å²) >= 11 is 5.74. The van der Waals surface area contributed by atoms with E-state index in [9.17, 15) is 4.79 Å². The number of nitrogens with one attached hydrogen (secondary N) is 2. The number of rotatable bonds is 3. The molecule has 0 radical (unpaired) electrons. The highest BCUT2D eigenvalue weighted by atomic mass is 32.2. The number of aromatic nitrogens is 3. The van der Waals surface area contributed by atoms with Crippen LogP contribution in [0.4, 0.5) is 0 Å². The first-order valence-corrected chi connectivity index (χ1v) is 4.07. The summed E-state index contributed by atoms with van der Waals surface area (Å²) < 4.78 is 0.331. The number of carbonyl (C=O) groups is 1. The highest BCUT2D eigenvalue weighted by molar-refractivity contribution is 7.99. The molecule has 1 heterocycles. The zero-order chi connectivity index (χ0) is 8.27. The number of aliphatic carboxylic acids is 1. The van der Waals surface area contributed by atoms with Crippen molar-refractivity contribution in [2.45, 2.75) is 5.16 Å². The minimum absolute atomic E-state index is 0.0177. The van der Waals surface area contributed by atoms with Gasteiger partial charge in [-0.25, -0.2) is 0 Å². The van der Waals surface area contributed by atoms with Crippen molar-refractivity contribution in [3.63, 3.8) is 0 Å². The summed E-state index contributed by atoms with van der Waals surface area (Å²) in [7, 11) is 0. The van der Waals surface area contributed by atoms with Crippen LogP contribution >= 0.6 is 24.0 Å². The van der Waals surface area contributed by atoms with Crippen molar-refractivity contribution in [1.29, 1.82) is 0 Å². The molecule has 0 aromatic carbocycles. The first kappa shape index (κ1) is 8.28. The molecule has 0 aliphatic carbocycles. The van der Waals surface area contributed by atoms with Crippen LogP contribution in [0.5, 0.6) is 0 Å². The Morgan fingerprint density at radius 2 is 2.45 bits per heavy atom. The number of hydrogen-bond acceptors (Lipinski definition) is 4. The van der Waals surface area contributed by atoms with E-state index < -0.39 is 5.97 Å². The number of H-pyrrole nitrogens is 2. The van der Waals surface area contributed by atoms with Gasteiger partial charge in [0, 0.05) is 0 Å². The fraction of sp³-hybridized carbons (Fsp3) is 0.250. The van der Waals surface area contributed by atoms with E-state index in [4.69, 9.17) is 5.11 Å². The van der Waals surface area contributed by atoms with Crippen LogP contribution < -0.4 is 0 Å². The highest BCUT2D eigenvalue weighted by Crippen LogP contribution is 2.09. The molecule has 3 N–H and O–H groups in total. The molecule has 0 aliphatic rings. The van der Waals surface area contributed by atoms with Crippen LogP contribution in [-0.2, 0) is 4.79 Å². The average molecular weight is 191 g/mol. The van der Waals surface area contributed by atoms with Gasteiger partial charge in [-0.05, 0) is 12.2 Å². The van der Waals surface area contributed by atoms with E-state index in [1.807, 2.05) is 0 Å². The molecule has 60 valence electrons. The van der Waals surface area contributed by atoms with Gasteiger partial charge in [-0.15, -0.1) is 0 Å². The lowest BCUT2D eigenvalue weighted by Gasteiger charge is -1.88. The minimum atomic E-state index is -0.877. The average Bonchev–Trinajstić information content (AvgIpc) is 2.31. The van der Waals surface area contributed by atoms with Crippen LogP contribution in [0, 0.1) is 4.77 Å². The standard InChI is InChI=1S/C4H5N3O2S2/c8-2(9)1-11-4-5-3(10)6-7-4/h1H2,(H,8,9)(H2,5,6,7,10). The Labute approximate surface area is 71.2 Å². The molecule has 0 unspecified atom stereocenters. The number of thioether (sulfide) groups is 1. The van der Waals surface area contributed by atoms with Gasteiger partial charge in [0.15, 0.2) is 5.16 Å². The summed E-state index contributed by atoms with van der Waals surface area (Å²) in [5.74, 6) is -0.895. The van der Waals surface area contributed by atoms with Crippen LogP contribution in [0.2, 0.25) is 0 Å². The predicted octanol–water partition coefficient (Wildman–Crippen LogP) is 0.644. The molecule has 0 fully saturated rings. The van der Waals surface area contributed by atoms with Crippen molar-refractivity contribution in [3.05, 3.63) is 4.77 Å². The minimum Gasteiger partial charge on any atom is -0.481 e. The Balaban J connectivity index is 2.51. The van der Waals surface area contributed by atoms with Crippen LogP contribution in [0.1, 0.15) is 0 Å². The van der Waals surface area contributed by atoms with Gasteiger partial charge in [-0.3, -0.25) is 15.0 Å². The van der Waals surface area contributed by atoms with Gasteiger partial charge < -0.3 is 5.11 Å².